The fourth-order valence-corrected chi connectivity index (χ4v) is 2.60. The van der Waals surface area contributed by atoms with Gasteiger partial charge in [0.1, 0.15) is 0 Å². The van der Waals surface area contributed by atoms with Crippen molar-refractivity contribution in [1.29, 1.82) is 10.5 Å². The highest BCUT2D eigenvalue weighted by atomic mass is 32.1. The van der Waals surface area contributed by atoms with Gasteiger partial charge in [0.25, 0.3) is 0 Å². The van der Waals surface area contributed by atoms with E-state index in [9.17, 15) is 0 Å². The molecule has 72 valence electrons. The van der Waals surface area contributed by atoms with Gasteiger partial charge in [-0.3, -0.25) is 0 Å². The van der Waals surface area contributed by atoms with Gasteiger partial charge < -0.3 is 0 Å². The molecule has 0 aliphatic carbocycles. The predicted octanol–water partition coefficient (Wildman–Crippen LogP) is 3.03. The van der Waals surface area contributed by atoms with Crippen molar-refractivity contribution in [1.82, 2.24) is 0 Å². The number of benzene rings is 1. The number of hydrogen-bond acceptors (Lipinski definition) is 3. The number of rotatable bonds is 2. The maximum absolute atomic E-state index is 8.69. The first-order valence-corrected chi connectivity index (χ1v) is 5.46. The van der Waals surface area contributed by atoms with Crippen molar-refractivity contribution in [2.24, 2.45) is 0 Å². The van der Waals surface area contributed by atoms with E-state index in [1.54, 1.807) is 11.3 Å². The van der Waals surface area contributed by atoms with Crippen LogP contribution in [-0.4, -0.2) is 0 Å². The van der Waals surface area contributed by atoms with Gasteiger partial charge in [0, 0.05) is 4.70 Å². The van der Waals surface area contributed by atoms with Crippen LogP contribution in [0.15, 0.2) is 23.6 Å². The summed E-state index contributed by atoms with van der Waals surface area (Å²) in [5.74, 6) is 0. The van der Waals surface area contributed by atoms with Crippen molar-refractivity contribution >= 4 is 21.4 Å². The SMILES string of the molecule is N#CCc1ccc(CC#N)c2sccc12. The molecule has 2 rings (SSSR count). The fraction of sp³-hybridized carbons (Fsp3) is 0.167. The maximum Gasteiger partial charge on any atom is 0.0670 e. The van der Waals surface area contributed by atoms with Gasteiger partial charge in [0.2, 0.25) is 0 Å². The molecule has 1 aromatic heterocycles. The molecule has 0 bridgehead atoms. The Hall–Kier alpha value is -1.84. The first-order valence-electron chi connectivity index (χ1n) is 4.58. The van der Waals surface area contributed by atoms with E-state index in [0.29, 0.717) is 12.8 Å². The van der Waals surface area contributed by atoms with Gasteiger partial charge in [-0.15, -0.1) is 11.3 Å². The summed E-state index contributed by atoms with van der Waals surface area (Å²) in [6.45, 7) is 0. The summed E-state index contributed by atoms with van der Waals surface area (Å²) in [5.41, 5.74) is 2.11. The number of nitrogens with zero attached hydrogens (tertiary/aromatic N) is 2. The minimum absolute atomic E-state index is 0.431. The molecule has 1 aromatic carbocycles. The second-order valence-electron chi connectivity index (χ2n) is 3.22. The van der Waals surface area contributed by atoms with Crippen LogP contribution in [0.2, 0.25) is 0 Å². The minimum Gasteiger partial charge on any atom is -0.198 e. The second-order valence-corrected chi connectivity index (χ2v) is 4.13. The van der Waals surface area contributed by atoms with E-state index in [-0.39, 0.29) is 0 Å². The third kappa shape index (κ3) is 1.70. The number of fused-ring (bicyclic) bond motifs is 1. The highest BCUT2D eigenvalue weighted by Crippen LogP contribution is 2.28. The molecule has 0 spiro atoms. The van der Waals surface area contributed by atoms with E-state index in [0.717, 1.165) is 21.2 Å². The van der Waals surface area contributed by atoms with E-state index in [1.165, 1.54) is 0 Å². The summed E-state index contributed by atoms with van der Waals surface area (Å²) in [6.07, 6.45) is 0.865. The van der Waals surface area contributed by atoms with Gasteiger partial charge in [-0.1, -0.05) is 12.1 Å². The number of hydrogen-bond donors (Lipinski definition) is 0. The number of thiophene rings is 1. The zero-order valence-electron chi connectivity index (χ0n) is 8.03. The Morgan fingerprint density at radius 1 is 1.00 bits per heavy atom. The average Bonchev–Trinajstić information content (AvgIpc) is 2.71. The fourth-order valence-electron chi connectivity index (χ4n) is 1.64. The molecule has 0 saturated carbocycles. The van der Waals surface area contributed by atoms with Crippen LogP contribution in [0.5, 0.6) is 0 Å². The smallest absolute Gasteiger partial charge is 0.0670 e. The van der Waals surface area contributed by atoms with Crippen LogP contribution >= 0.6 is 11.3 Å². The van der Waals surface area contributed by atoms with Crippen molar-refractivity contribution in [3.05, 3.63) is 34.7 Å². The Kier molecular flexibility index (Phi) is 2.67. The summed E-state index contributed by atoms with van der Waals surface area (Å²) in [4.78, 5) is 0. The van der Waals surface area contributed by atoms with Gasteiger partial charge in [0.15, 0.2) is 0 Å². The Bertz CT molecular complexity index is 519. The summed E-state index contributed by atoms with van der Waals surface area (Å²) < 4.78 is 1.14. The second kappa shape index (κ2) is 4.13. The minimum atomic E-state index is 0.431. The van der Waals surface area contributed by atoms with Crippen LogP contribution in [0, 0.1) is 22.7 Å². The number of nitriles is 2. The summed E-state index contributed by atoms with van der Waals surface area (Å²) in [5, 5.41) is 20.5. The van der Waals surface area contributed by atoms with Crippen molar-refractivity contribution in [2.45, 2.75) is 12.8 Å². The van der Waals surface area contributed by atoms with Crippen LogP contribution < -0.4 is 0 Å². The molecule has 1 heterocycles. The Morgan fingerprint density at radius 3 is 2.40 bits per heavy atom. The van der Waals surface area contributed by atoms with Crippen molar-refractivity contribution in [3.8, 4) is 12.1 Å². The molecule has 0 aliphatic heterocycles. The molecule has 2 aromatic rings. The molecule has 0 atom stereocenters. The quantitative estimate of drug-likeness (QED) is 0.768. The molecule has 0 aliphatic rings. The van der Waals surface area contributed by atoms with Gasteiger partial charge in [-0.05, 0) is 28.0 Å². The van der Waals surface area contributed by atoms with Crippen molar-refractivity contribution in [2.75, 3.05) is 0 Å². The molecule has 0 unspecified atom stereocenters. The van der Waals surface area contributed by atoms with Gasteiger partial charge in [-0.25, -0.2) is 0 Å². The lowest BCUT2D eigenvalue weighted by Gasteiger charge is -2.01. The average molecular weight is 212 g/mol. The third-order valence-electron chi connectivity index (χ3n) is 2.33. The molecule has 0 radical (unpaired) electrons. The molecule has 2 nitrogen and oxygen atoms in total. The van der Waals surface area contributed by atoms with E-state index in [4.69, 9.17) is 10.5 Å². The predicted molar refractivity (Wildman–Crippen MR) is 60.5 cm³/mol. The summed E-state index contributed by atoms with van der Waals surface area (Å²) in [7, 11) is 0. The van der Waals surface area contributed by atoms with Crippen LogP contribution in [0.25, 0.3) is 10.1 Å². The molecule has 0 saturated heterocycles. The molecule has 0 amide bonds. The maximum atomic E-state index is 8.69. The van der Waals surface area contributed by atoms with E-state index < -0.39 is 0 Å². The Balaban J connectivity index is 2.62. The van der Waals surface area contributed by atoms with Gasteiger partial charge in [0.05, 0.1) is 25.0 Å². The third-order valence-corrected chi connectivity index (χ3v) is 3.32. The molecular formula is C12H8N2S. The summed E-state index contributed by atoms with van der Waals surface area (Å²) >= 11 is 1.63. The van der Waals surface area contributed by atoms with Gasteiger partial charge >= 0.3 is 0 Å². The van der Waals surface area contributed by atoms with Crippen LogP contribution in [0.3, 0.4) is 0 Å². The molecule has 15 heavy (non-hydrogen) atoms. The van der Waals surface area contributed by atoms with Crippen LogP contribution in [-0.2, 0) is 12.8 Å². The van der Waals surface area contributed by atoms with Crippen LogP contribution in [0.1, 0.15) is 11.1 Å². The molecule has 0 fully saturated rings. The van der Waals surface area contributed by atoms with Gasteiger partial charge in [-0.2, -0.15) is 10.5 Å². The summed E-state index contributed by atoms with van der Waals surface area (Å²) in [6, 6.07) is 10.2. The molecular weight excluding hydrogens is 204 g/mol. The first-order chi connectivity index (χ1) is 7.36. The zero-order chi connectivity index (χ0) is 10.7. The van der Waals surface area contributed by atoms with Crippen LogP contribution in [0.4, 0.5) is 0 Å². The lowest BCUT2D eigenvalue weighted by atomic mass is 10.0. The highest BCUT2D eigenvalue weighted by molar-refractivity contribution is 7.17. The first kappa shape index (κ1) is 9.71. The Labute approximate surface area is 92.0 Å². The lowest BCUT2D eigenvalue weighted by Crippen LogP contribution is -1.87. The van der Waals surface area contributed by atoms with E-state index in [1.807, 2.05) is 23.6 Å². The molecule has 0 N–H and O–H groups in total. The van der Waals surface area contributed by atoms with Crippen molar-refractivity contribution < 1.29 is 0 Å². The topological polar surface area (TPSA) is 47.6 Å². The highest BCUT2D eigenvalue weighted by Gasteiger charge is 2.06. The van der Waals surface area contributed by atoms with E-state index in [2.05, 4.69) is 12.1 Å². The van der Waals surface area contributed by atoms with Crippen molar-refractivity contribution in [3.63, 3.8) is 0 Å². The van der Waals surface area contributed by atoms with E-state index >= 15 is 0 Å². The largest absolute Gasteiger partial charge is 0.198 e. The monoisotopic (exact) mass is 212 g/mol. The standard InChI is InChI=1S/C12H8N2S/c13-6-3-9-1-2-10(4-7-14)12-11(9)5-8-15-12/h1-2,5,8H,3-4H2. The normalized spacial score (nSPS) is 9.73. The lowest BCUT2D eigenvalue weighted by molar-refractivity contribution is 1.26. The Morgan fingerprint density at radius 2 is 1.67 bits per heavy atom. The molecule has 3 heteroatoms. The zero-order valence-corrected chi connectivity index (χ0v) is 8.84.